The monoisotopic (exact) mass is 211 g/mol. The van der Waals surface area contributed by atoms with Crippen molar-refractivity contribution in [1.29, 1.82) is 0 Å². The lowest BCUT2D eigenvalue weighted by Gasteiger charge is -2.14. The molecular formula is C10H17N3S. The van der Waals surface area contributed by atoms with Crippen molar-refractivity contribution in [1.82, 2.24) is 15.6 Å². The van der Waals surface area contributed by atoms with E-state index in [9.17, 15) is 0 Å². The van der Waals surface area contributed by atoms with Gasteiger partial charge in [0, 0.05) is 11.9 Å². The minimum Gasteiger partial charge on any atom is -0.316 e. The fourth-order valence-electron chi connectivity index (χ4n) is 1.85. The summed E-state index contributed by atoms with van der Waals surface area (Å²) in [4.78, 5) is 4.24. The van der Waals surface area contributed by atoms with Crippen LogP contribution in [0.25, 0.3) is 0 Å². The molecule has 1 aromatic heterocycles. The van der Waals surface area contributed by atoms with Crippen molar-refractivity contribution in [3.05, 3.63) is 16.6 Å². The summed E-state index contributed by atoms with van der Waals surface area (Å²) in [6.07, 6.45) is 0. The van der Waals surface area contributed by atoms with Gasteiger partial charge in [-0.05, 0) is 31.5 Å². The number of rotatable bonds is 4. The number of hydrogen-bond donors (Lipinski definition) is 2. The number of nitrogens with zero attached hydrogens (tertiary/aromatic N) is 1. The summed E-state index contributed by atoms with van der Waals surface area (Å²) in [6.45, 7) is 6.65. The molecule has 3 nitrogen and oxygen atoms in total. The molecule has 0 aliphatic carbocycles. The second kappa shape index (κ2) is 4.87. The van der Waals surface area contributed by atoms with E-state index in [1.165, 1.54) is 6.54 Å². The highest BCUT2D eigenvalue weighted by molar-refractivity contribution is 7.07. The smallest absolute Gasteiger partial charge is 0.0795 e. The van der Waals surface area contributed by atoms with E-state index in [1.54, 1.807) is 11.3 Å². The molecule has 0 bridgehead atoms. The van der Waals surface area contributed by atoms with E-state index in [0.717, 1.165) is 37.2 Å². The largest absolute Gasteiger partial charge is 0.316 e. The predicted molar refractivity (Wildman–Crippen MR) is 59.3 cm³/mol. The van der Waals surface area contributed by atoms with Crippen LogP contribution in [0.1, 0.15) is 12.6 Å². The lowest BCUT2D eigenvalue weighted by Crippen LogP contribution is -2.26. The second-order valence-corrected chi connectivity index (χ2v) is 4.72. The average molecular weight is 211 g/mol. The van der Waals surface area contributed by atoms with Gasteiger partial charge in [0.15, 0.2) is 0 Å². The van der Waals surface area contributed by atoms with Gasteiger partial charge in [0.2, 0.25) is 0 Å². The molecule has 4 heteroatoms. The standard InChI is InChI=1S/C10H17N3S/c1-8-2-11-3-9(8)4-12-5-10-6-14-7-13-10/h6-9,11-12H,2-5H2,1H3/t8-,9+/m1/s1. The van der Waals surface area contributed by atoms with Gasteiger partial charge >= 0.3 is 0 Å². The van der Waals surface area contributed by atoms with E-state index in [2.05, 4.69) is 27.9 Å². The van der Waals surface area contributed by atoms with E-state index >= 15 is 0 Å². The molecule has 1 aliphatic heterocycles. The first-order valence-corrected chi connectivity index (χ1v) is 6.09. The number of aromatic nitrogens is 1. The van der Waals surface area contributed by atoms with Gasteiger partial charge < -0.3 is 10.6 Å². The maximum absolute atomic E-state index is 4.24. The van der Waals surface area contributed by atoms with Crippen LogP contribution in [-0.4, -0.2) is 24.6 Å². The van der Waals surface area contributed by atoms with Crippen molar-refractivity contribution in [3.8, 4) is 0 Å². The highest BCUT2D eigenvalue weighted by Crippen LogP contribution is 2.14. The number of nitrogens with one attached hydrogen (secondary N) is 2. The third kappa shape index (κ3) is 2.53. The van der Waals surface area contributed by atoms with Gasteiger partial charge in [-0.15, -0.1) is 11.3 Å². The summed E-state index contributed by atoms with van der Waals surface area (Å²) >= 11 is 1.66. The summed E-state index contributed by atoms with van der Waals surface area (Å²) < 4.78 is 0. The summed E-state index contributed by atoms with van der Waals surface area (Å²) in [5, 5.41) is 8.98. The molecule has 0 saturated carbocycles. The number of hydrogen-bond acceptors (Lipinski definition) is 4. The summed E-state index contributed by atoms with van der Waals surface area (Å²) in [5.74, 6) is 1.59. The molecule has 0 aromatic carbocycles. The zero-order valence-electron chi connectivity index (χ0n) is 8.49. The molecule has 0 spiro atoms. The summed E-state index contributed by atoms with van der Waals surface area (Å²) in [6, 6.07) is 0. The minimum absolute atomic E-state index is 0.786. The average Bonchev–Trinajstić information content (AvgIpc) is 2.78. The van der Waals surface area contributed by atoms with Gasteiger partial charge in [0.25, 0.3) is 0 Å². The molecule has 14 heavy (non-hydrogen) atoms. The Morgan fingerprint density at radius 3 is 3.21 bits per heavy atom. The van der Waals surface area contributed by atoms with Crippen LogP contribution in [0.4, 0.5) is 0 Å². The first kappa shape index (κ1) is 10.1. The van der Waals surface area contributed by atoms with Crippen LogP contribution < -0.4 is 10.6 Å². The Labute approximate surface area is 88.9 Å². The molecule has 2 atom stereocenters. The van der Waals surface area contributed by atoms with Crippen LogP contribution in [0, 0.1) is 11.8 Å². The normalized spacial score (nSPS) is 26.9. The zero-order valence-corrected chi connectivity index (χ0v) is 9.31. The quantitative estimate of drug-likeness (QED) is 0.783. The van der Waals surface area contributed by atoms with E-state index < -0.39 is 0 Å². The molecular weight excluding hydrogens is 194 g/mol. The lowest BCUT2D eigenvalue weighted by atomic mass is 9.98. The highest BCUT2D eigenvalue weighted by atomic mass is 32.1. The minimum atomic E-state index is 0.786. The first-order chi connectivity index (χ1) is 6.86. The molecule has 0 unspecified atom stereocenters. The Morgan fingerprint density at radius 2 is 2.57 bits per heavy atom. The van der Waals surface area contributed by atoms with E-state index in [-0.39, 0.29) is 0 Å². The van der Waals surface area contributed by atoms with Crippen LogP contribution in [0.15, 0.2) is 10.9 Å². The molecule has 2 rings (SSSR count). The molecule has 2 N–H and O–H groups in total. The Hall–Kier alpha value is -0.450. The van der Waals surface area contributed by atoms with Crippen molar-refractivity contribution in [2.24, 2.45) is 11.8 Å². The maximum Gasteiger partial charge on any atom is 0.0795 e. The van der Waals surface area contributed by atoms with Crippen LogP contribution in [0.3, 0.4) is 0 Å². The Balaban J connectivity index is 1.68. The Kier molecular flexibility index (Phi) is 3.50. The topological polar surface area (TPSA) is 37.0 Å². The summed E-state index contributed by atoms with van der Waals surface area (Å²) in [5.41, 5.74) is 3.05. The highest BCUT2D eigenvalue weighted by Gasteiger charge is 2.21. The maximum atomic E-state index is 4.24. The second-order valence-electron chi connectivity index (χ2n) is 4.01. The fraction of sp³-hybridized carbons (Fsp3) is 0.700. The Morgan fingerprint density at radius 1 is 1.64 bits per heavy atom. The molecule has 1 aromatic rings. The van der Waals surface area contributed by atoms with Crippen molar-refractivity contribution >= 4 is 11.3 Å². The van der Waals surface area contributed by atoms with E-state index in [1.807, 2.05) is 5.51 Å². The van der Waals surface area contributed by atoms with Crippen LogP contribution in [0.5, 0.6) is 0 Å². The molecule has 0 amide bonds. The van der Waals surface area contributed by atoms with Gasteiger partial charge in [-0.1, -0.05) is 6.92 Å². The lowest BCUT2D eigenvalue weighted by molar-refractivity contribution is 0.419. The zero-order chi connectivity index (χ0) is 9.80. The van der Waals surface area contributed by atoms with Crippen molar-refractivity contribution < 1.29 is 0 Å². The van der Waals surface area contributed by atoms with Crippen molar-refractivity contribution in [3.63, 3.8) is 0 Å². The third-order valence-electron chi connectivity index (χ3n) is 2.87. The van der Waals surface area contributed by atoms with Gasteiger partial charge in [-0.25, -0.2) is 4.98 Å². The number of thiazole rings is 1. The van der Waals surface area contributed by atoms with Gasteiger partial charge in [0.05, 0.1) is 11.2 Å². The van der Waals surface area contributed by atoms with Crippen LogP contribution in [-0.2, 0) is 6.54 Å². The predicted octanol–water partition coefficient (Wildman–Crippen LogP) is 1.09. The van der Waals surface area contributed by atoms with Crippen LogP contribution >= 0.6 is 11.3 Å². The molecule has 78 valence electrons. The van der Waals surface area contributed by atoms with Crippen molar-refractivity contribution in [2.45, 2.75) is 13.5 Å². The Bertz CT molecular complexity index is 260. The van der Waals surface area contributed by atoms with E-state index in [0.29, 0.717) is 0 Å². The SMILES string of the molecule is C[C@@H]1CNC[C@H]1CNCc1cscn1. The molecule has 2 heterocycles. The van der Waals surface area contributed by atoms with Gasteiger partial charge in [0.1, 0.15) is 0 Å². The van der Waals surface area contributed by atoms with Crippen LogP contribution in [0.2, 0.25) is 0 Å². The summed E-state index contributed by atoms with van der Waals surface area (Å²) in [7, 11) is 0. The molecule has 1 fully saturated rings. The molecule has 0 radical (unpaired) electrons. The van der Waals surface area contributed by atoms with Gasteiger partial charge in [-0.2, -0.15) is 0 Å². The van der Waals surface area contributed by atoms with E-state index in [4.69, 9.17) is 0 Å². The van der Waals surface area contributed by atoms with Crippen molar-refractivity contribution in [2.75, 3.05) is 19.6 Å². The third-order valence-corrected chi connectivity index (χ3v) is 3.51. The molecule has 1 saturated heterocycles. The van der Waals surface area contributed by atoms with Gasteiger partial charge in [-0.3, -0.25) is 0 Å². The molecule has 1 aliphatic rings. The fourth-order valence-corrected chi connectivity index (χ4v) is 2.41. The first-order valence-electron chi connectivity index (χ1n) is 5.15.